The van der Waals surface area contributed by atoms with Crippen molar-refractivity contribution in [1.29, 1.82) is 0 Å². The van der Waals surface area contributed by atoms with Gasteiger partial charge in [0.2, 0.25) is 10.0 Å². The van der Waals surface area contributed by atoms with E-state index in [9.17, 15) is 8.42 Å². The molecule has 1 unspecified atom stereocenters. The van der Waals surface area contributed by atoms with Gasteiger partial charge >= 0.3 is 0 Å². The topological polar surface area (TPSA) is 73.8 Å². The minimum absolute atomic E-state index is 0. The maximum absolute atomic E-state index is 12.7. The van der Waals surface area contributed by atoms with Crippen LogP contribution in [0.5, 0.6) is 0 Å². The number of fused-ring (bicyclic) bond motifs is 1. The van der Waals surface area contributed by atoms with Crippen molar-refractivity contribution in [3.05, 3.63) is 29.8 Å². The number of hydrogen-bond donors (Lipinski definition) is 2. The first-order valence-corrected chi connectivity index (χ1v) is 10.6. The number of benzene rings is 1. The van der Waals surface area contributed by atoms with Crippen molar-refractivity contribution < 1.29 is 8.42 Å². The van der Waals surface area contributed by atoms with Gasteiger partial charge in [0, 0.05) is 19.1 Å². The van der Waals surface area contributed by atoms with Crippen molar-refractivity contribution in [1.82, 2.24) is 10.6 Å². The minimum atomic E-state index is -3.36. The van der Waals surface area contributed by atoms with Crippen LogP contribution in [0.4, 0.5) is 5.69 Å². The summed E-state index contributed by atoms with van der Waals surface area (Å²) in [6, 6.07) is 7.96. The summed E-state index contributed by atoms with van der Waals surface area (Å²) in [5, 5.41) is 6.49. The summed E-state index contributed by atoms with van der Waals surface area (Å²) < 4.78 is 26.9. The number of halogens is 1. The quantitative estimate of drug-likeness (QED) is 0.347. The third-order valence-corrected chi connectivity index (χ3v) is 6.26. The lowest BCUT2D eigenvalue weighted by atomic mass is 10.1. The lowest BCUT2D eigenvalue weighted by molar-refractivity contribution is 0.481. The summed E-state index contributed by atoms with van der Waals surface area (Å²) in [6.45, 7) is 9.86. The predicted molar refractivity (Wildman–Crippen MR) is 120 cm³/mol. The zero-order valence-electron chi connectivity index (χ0n) is 16.0. The molecular weight excluding hydrogens is 463 g/mol. The summed E-state index contributed by atoms with van der Waals surface area (Å²) in [4.78, 5) is 4.44. The zero-order chi connectivity index (χ0) is 18.4. The molecule has 1 aliphatic rings. The molecule has 0 bridgehead atoms. The normalized spacial score (nSPS) is 15.4. The Balaban J connectivity index is 0.00000338. The van der Waals surface area contributed by atoms with Crippen LogP contribution in [-0.2, 0) is 16.4 Å². The van der Waals surface area contributed by atoms with Crippen LogP contribution in [0.25, 0.3) is 0 Å². The molecule has 1 atom stereocenters. The number of aliphatic imine (C=N–C) groups is 1. The Labute approximate surface area is 174 Å². The average molecular weight is 494 g/mol. The monoisotopic (exact) mass is 494 g/mol. The Morgan fingerprint density at radius 1 is 1.27 bits per heavy atom. The van der Waals surface area contributed by atoms with Crippen LogP contribution < -0.4 is 14.9 Å². The van der Waals surface area contributed by atoms with E-state index < -0.39 is 10.0 Å². The van der Waals surface area contributed by atoms with E-state index in [2.05, 4.69) is 36.4 Å². The maximum Gasteiger partial charge on any atom is 0.237 e. The van der Waals surface area contributed by atoms with Gasteiger partial charge in [-0.2, -0.15) is 0 Å². The van der Waals surface area contributed by atoms with E-state index in [1.807, 2.05) is 31.2 Å². The van der Waals surface area contributed by atoms with Crippen LogP contribution in [0, 0.1) is 5.92 Å². The second-order valence-electron chi connectivity index (χ2n) is 6.70. The molecule has 6 nitrogen and oxygen atoms in total. The molecule has 0 fully saturated rings. The second kappa shape index (κ2) is 10.3. The van der Waals surface area contributed by atoms with Gasteiger partial charge in [-0.05, 0) is 37.8 Å². The summed E-state index contributed by atoms with van der Waals surface area (Å²) in [5.74, 6) is 1.14. The standard InChI is InChI=1S/C18H30N4O2S.HI/c1-5-19-18(21-15(4)14(2)3)20-11-13-25(23,24)22-12-10-16-8-6-7-9-17(16)22;/h6-9,14-15H,5,10-13H2,1-4H3,(H2,19,20,21);1H. The first-order chi connectivity index (χ1) is 11.8. The molecule has 0 aliphatic carbocycles. The molecule has 0 radical (unpaired) electrons. The molecular formula is C18H31IN4O2S. The van der Waals surface area contributed by atoms with Crippen LogP contribution in [0.1, 0.15) is 33.3 Å². The second-order valence-corrected chi connectivity index (χ2v) is 8.72. The Morgan fingerprint density at radius 3 is 2.62 bits per heavy atom. The summed E-state index contributed by atoms with van der Waals surface area (Å²) >= 11 is 0. The molecule has 0 saturated heterocycles. The lowest BCUT2D eigenvalue weighted by Gasteiger charge is -2.21. The van der Waals surface area contributed by atoms with Gasteiger partial charge in [-0.15, -0.1) is 24.0 Å². The van der Waals surface area contributed by atoms with Crippen molar-refractivity contribution in [2.75, 3.05) is 29.7 Å². The summed E-state index contributed by atoms with van der Waals surface area (Å²) in [7, 11) is -3.36. The third kappa shape index (κ3) is 6.00. The number of anilines is 1. The molecule has 1 aliphatic heterocycles. The van der Waals surface area contributed by atoms with Crippen LogP contribution in [0.3, 0.4) is 0 Å². The number of hydrogen-bond acceptors (Lipinski definition) is 3. The number of rotatable bonds is 7. The predicted octanol–water partition coefficient (Wildman–Crippen LogP) is 2.60. The van der Waals surface area contributed by atoms with Crippen LogP contribution >= 0.6 is 24.0 Å². The molecule has 2 N–H and O–H groups in total. The third-order valence-electron chi connectivity index (χ3n) is 4.51. The van der Waals surface area contributed by atoms with E-state index in [1.165, 1.54) is 4.31 Å². The van der Waals surface area contributed by atoms with E-state index >= 15 is 0 Å². The van der Waals surface area contributed by atoms with E-state index in [4.69, 9.17) is 0 Å². The summed E-state index contributed by atoms with van der Waals surface area (Å²) in [6.07, 6.45) is 0.773. The Morgan fingerprint density at radius 2 is 1.96 bits per heavy atom. The van der Waals surface area contributed by atoms with E-state index in [1.54, 1.807) is 0 Å². The lowest BCUT2D eigenvalue weighted by Crippen LogP contribution is -2.44. The van der Waals surface area contributed by atoms with Gasteiger partial charge in [0.15, 0.2) is 5.96 Å². The van der Waals surface area contributed by atoms with Crippen LogP contribution in [-0.4, -0.2) is 45.8 Å². The average Bonchev–Trinajstić information content (AvgIpc) is 2.99. The van der Waals surface area contributed by atoms with Gasteiger partial charge < -0.3 is 10.6 Å². The highest BCUT2D eigenvalue weighted by Gasteiger charge is 2.28. The first-order valence-electron chi connectivity index (χ1n) is 8.98. The molecule has 26 heavy (non-hydrogen) atoms. The zero-order valence-corrected chi connectivity index (χ0v) is 19.2. The van der Waals surface area contributed by atoms with Crippen molar-refractivity contribution in [3.8, 4) is 0 Å². The molecule has 1 aromatic carbocycles. The number of nitrogens with one attached hydrogen (secondary N) is 2. The molecule has 148 valence electrons. The number of sulfonamides is 1. The summed E-state index contributed by atoms with van der Waals surface area (Å²) in [5.41, 5.74) is 1.90. The fraction of sp³-hybridized carbons (Fsp3) is 0.611. The van der Waals surface area contributed by atoms with Crippen molar-refractivity contribution >= 4 is 45.6 Å². The van der Waals surface area contributed by atoms with Crippen molar-refractivity contribution in [2.45, 2.75) is 40.2 Å². The fourth-order valence-corrected chi connectivity index (χ4v) is 4.07. The van der Waals surface area contributed by atoms with Gasteiger partial charge in [0.05, 0.1) is 18.0 Å². The number of guanidine groups is 1. The Hall–Kier alpha value is -1.03. The highest BCUT2D eigenvalue weighted by Crippen LogP contribution is 2.29. The Bertz CT molecular complexity index is 707. The Kier molecular flexibility index (Phi) is 9.15. The minimum Gasteiger partial charge on any atom is -0.357 e. The molecule has 0 aromatic heterocycles. The van der Waals surface area contributed by atoms with Crippen molar-refractivity contribution in [3.63, 3.8) is 0 Å². The van der Waals surface area contributed by atoms with Crippen molar-refractivity contribution in [2.24, 2.45) is 10.9 Å². The number of para-hydroxylation sites is 1. The van der Waals surface area contributed by atoms with Gasteiger partial charge in [0.25, 0.3) is 0 Å². The molecule has 2 rings (SSSR count). The van der Waals surface area contributed by atoms with Gasteiger partial charge in [-0.1, -0.05) is 32.0 Å². The molecule has 8 heteroatoms. The number of nitrogens with zero attached hydrogens (tertiary/aromatic N) is 2. The largest absolute Gasteiger partial charge is 0.357 e. The maximum atomic E-state index is 12.7. The molecule has 1 heterocycles. The van der Waals surface area contributed by atoms with Gasteiger partial charge in [-0.3, -0.25) is 9.30 Å². The SMILES string of the molecule is CCNC(=NCCS(=O)(=O)N1CCc2ccccc21)NC(C)C(C)C.I. The smallest absolute Gasteiger partial charge is 0.237 e. The van der Waals surface area contributed by atoms with Gasteiger partial charge in [0.1, 0.15) is 0 Å². The first kappa shape index (κ1) is 23.0. The van der Waals surface area contributed by atoms with E-state index in [-0.39, 0.29) is 42.3 Å². The fourth-order valence-electron chi connectivity index (χ4n) is 2.68. The van der Waals surface area contributed by atoms with Gasteiger partial charge in [-0.25, -0.2) is 8.42 Å². The molecule has 0 spiro atoms. The van der Waals surface area contributed by atoms with Crippen LogP contribution in [0.2, 0.25) is 0 Å². The molecule has 0 saturated carbocycles. The van der Waals surface area contributed by atoms with Crippen LogP contribution in [0.15, 0.2) is 29.3 Å². The van der Waals surface area contributed by atoms with E-state index in [0.29, 0.717) is 18.4 Å². The highest BCUT2D eigenvalue weighted by atomic mass is 127. The van der Waals surface area contributed by atoms with E-state index in [0.717, 1.165) is 24.2 Å². The molecule has 1 aromatic rings. The molecule has 0 amide bonds. The highest BCUT2D eigenvalue weighted by molar-refractivity contribution is 14.0.